The van der Waals surface area contributed by atoms with E-state index in [4.69, 9.17) is 4.74 Å². The molecule has 2 bridgehead atoms. The summed E-state index contributed by atoms with van der Waals surface area (Å²) in [5, 5.41) is 0. The number of rotatable bonds is 5. The Bertz CT molecular complexity index is 1400. The van der Waals surface area contributed by atoms with Crippen LogP contribution >= 0.6 is 0 Å². The molecule has 0 aromatic heterocycles. The van der Waals surface area contributed by atoms with E-state index in [0.717, 1.165) is 22.4 Å². The van der Waals surface area contributed by atoms with Crippen molar-refractivity contribution in [2.75, 3.05) is 11.5 Å². The first-order chi connectivity index (χ1) is 18.3. The van der Waals surface area contributed by atoms with E-state index >= 15 is 0 Å². The summed E-state index contributed by atoms with van der Waals surface area (Å²) in [6.07, 6.45) is 2.31. The Morgan fingerprint density at radius 2 is 1.34 bits per heavy atom. The highest BCUT2D eigenvalue weighted by Gasteiger charge is 2.65. The number of hydrogen-bond acceptors (Lipinski definition) is 3. The third-order valence-electron chi connectivity index (χ3n) is 8.22. The maximum Gasteiger partial charge on any atom is 0.238 e. The summed E-state index contributed by atoms with van der Waals surface area (Å²) in [4.78, 5) is 29.6. The third-order valence-corrected chi connectivity index (χ3v) is 8.22. The van der Waals surface area contributed by atoms with Gasteiger partial charge in [0.2, 0.25) is 11.8 Å². The van der Waals surface area contributed by atoms with E-state index in [9.17, 15) is 9.59 Å². The van der Waals surface area contributed by atoms with Gasteiger partial charge in [-0.2, -0.15) is 0 Å². The predicted octanol–water partition coefficient (Wildman–Crippen LogP) is 6.93. The lowest BCUT2D eigenvalue weighted by Crippen LogP contribution is -2.34. The minimum atomic E-state index is -0.393. The lowest BCUT2D eigenvalue weighted by molar-refractivity contribution is -0.122. The Kier molecular flexibility index (Phi) is 5.86. The number of carbonyl (C=O) groups is 2. The highest BCUT2D eigenvalue weighted by molar-refractivity contribution is 6.23. The second kappa shape index (κ2) is 9.13. The van der Waals surface area contributed by atoms with Crippen molar-refractivity contribution >= 4 is 23.1 Å². The van der Waals surface area contributed by atoms with E-state index in [1.165, 1.54) is 16.0 Å². The second-order valence-electron chi connectivity index (χ2n) is 11.4. The summed E-state index contributed by atoms with van der Waals surface area (Å²) in [7, 11) is 0. The van der Waals surface area contributed by atoms with Gasteiger partial charge < -0.3 is 4.74 Å². The van der Waals surface area contributed by atoms with E-state index in [2.05, 4.69) is 75.4 Å². The molecule has 3 aliphatic rings. The number of fused-ring (bicyclic) bond motifs is 5. The van der Waals surface area contributed by atoms with Crippen molar-refractivity contribution in [3.05, 3.63) is 113 Å². The van der Waals surface area contributed by atoms with Crippen LogP contribution in [-0.2, 0) is 9.59 Å². The fourth-order valence-corrected chi connectivity index (χ4v) is 6.75. The van der Waals surface area contributed by atoms with Crippen molar-refractivity contribution < 1.29 is 14.3 Å². The number of carbonyl (C=O) groups excluding carboxylic acids is 2. The monoisotopic (exact) mass is 503 g/mol. The molecule has 0 radical (unpaired) electrons. The van der Waals surface area contributed by atoms with E-state index in [1.807, 2.05) is 43.3 Å². The molecule has 192 valence electrons. The van der Waals surface area contributed by atoms with Crippen molar-refractivity contribution in [3.8, 4) is 5.75 Å². The highest BCUT2D eigenvalue weighted by atomic mass is 16.5. The number of imide groups is 1. The minimum Gasteiger partial charge on any atom is -0.494 e. The number of amides is 2. The normalized spacial score (nSPS) is 24.1. The van der Waals surface area contributed by atoms with Gasteiger partial charge in [-0.25, -0.2) is 4.90 Å². The molecule has 0 N–H and O–H groups in total. The van der Waals surface area contributed by atoms with Crippen molar-refractivity contribution in [2.45, 2.75) is 27.7 Å². The molecule has 4 nitrogen and oxygen atoms in total. The zero-order valence-electron chi connectivity index (χ0n) is 22.3. The lowest BCUT2D eigenvalue weighted by atomic mass is 9.71. The van der Waals surface area contributed by atoms with Crippen molar-refractivity contribution in [1.82, 2.24) is 0 Å². The molecule has 1 aliphatic heterocycles. The van der Waals surface area contributed by atoms with Gasteiger partial charge in [0.1, 0.15) is 5.75 Å². The molecule has 6 rings (SSSR count). The Balaban J connectivity index is 1.51. The van der Waals surface area contributed by atoms with E-state index < -0.39 is 5.92 Å². The molecule has 0 spiro atoms. The quantitative estimate of drug-likeness (QED) is 0.280. The second-order valence-corrected chi connectivity index (χ2v) is 11.4. The van der Waals surface area contributed by atoms with Crippen molar-refractivity contribution in [3.63, 3.8) is 0 Å². The Hall–Kier alpha value is -3.92. The molecule has 2 fully saturated rings. The van der Waals surface area contributed by atoms with Gasteiger partial charge in [-0.1, -0.05) is 93.1 Å². The van der Waals surface area contributed by atoms with Crippen LogP contribution in [0.4, 0.5) is 5.69 Å². The summed E-state index contributed by atoms with van der Waals surface area (Å²) in [6, 6.07) is 28.1. The van der Waals surface area contributed by atoms with Crippen LogP contribution in [0, 0.1) is 29.1 Å². The molecule has 1 heterocycles. The first-order valence-corrected chi connectivity index (χ1v) is 13.5. The molecule has 38 heavy (non-hydrogen) atoms. The standard InChI is InChI=1S/C34H33NO3/c1-5-38-24-18-16-23(17-19-24)35-32(36)29-25-20-26(34(2,3)4)30(31(29)33(35)37)28(25)27(21-12-8-6-9-13-21)22-14-10-7-11-15-22/h6-20,25,29-31H,5H2,1-4H3. The molecule has 1 saturated heterocycles. The van der Waals surface area contributed by atoms with E-state index in [1.54, 1.807) is 0 Å². The molecule has 4 atom stereocenters. The van der Waals surface area contributed by atoms with Gasteiger partial charge in [0.15, 0.2) is 0 Å². The Morgan fingerprint density at radius 3 is 1.87 bits per heavy atom. The van der Waals surface area contributed by atoms with Gasteiger partial charge in [0.25, 0.3) is 0 Å². The van der Waals surface area contributed by atoms with Crippen LogP contribution in [-0.4, -0.2) is 18.4 Å². The smallest absolute Gasteiger partial charge is 0.238 e. The maximum atomic E-state index is 14.1. The topological polar surface area (TPSA) is 46.6 Å². The predicted molar refractivity (Wildman–Crippen MR) is 151 cm³/mol. The van der Waals surface area contributed by atoms with Gasteiger partial charge in [-0.3, -0.25) is 9.59 Å². The van der Waals surface area contributed by atoms with Crippen molar-refractivity contribution in [1.29, 1.82) is 0 Å². The van der Waals surface area contributed by atoms with Gasteiger partial charge in [-0.05, 0) is 58.9 Å². The Morgan fingerprint density at radius 1 is 0.789 bits per heavy atom. The van der Waals surface area contributed by atoms with Gasteiger partial charge in [0.05, 0.1) is 24.1 Å². The number of anilines is 1. The van der Waals surface area contributed by atoms with Crippen LogP contribution in [0.2, 0.25) is 0 Å². The van der Waals surface area contributed by atoms with Crippen LogP contribution in [0.15, 0.2) is 102 Å². The van der Waals surface area contributed by atoms with E-state index in [-0.39, 0.29) is 35.0 Å². The zero-order valence-corrected chi connectivity index (χ0v) is 22.3. The van der Waals surface area contributed by atoms with Gasteiger partial charge >= 0.3 is 0 Å². The SMILES string of the molecule is CCOc1ccc(N2C(=O)C3C4C=C(C(C)(C)C)C(C4=C(c4ccccc4)c4ccccc4)C3C2=O)cc1. The molecule has 2 aliphatic carbocycles. The van der Waals surface area contributed by atoms with Crippen LogP contribution < -0.4 is 9.64 Å². The van der Waals surface area contributed by atoms with Gasteiger partial charge in [-0.15, -0.1) is 0 Å². The molecule has 3 aromatic rings. The number of benzene rings is 3. The summed E-state index contributed by atoms with van der Waals surface area (Å²) in [6.45, 7) is 9.13. The molecule has 4 unspecified atom stereocenters. The maximum absolute atomic E-state index is 14.1. The summed E-state index contributed by atoms with van der Waals surface area (Å²) >= 11 is 0. The van der Waals surface area contributed by atoms with Crippen LogP contribution in [0.1, 0.15) is 38.8 Å². The minimum absolute atomic E-state index is 0.0931. The summed E-state index contributed by atoms with van der Waals surface area (Å²) in [5.74, 6) is -0.460. The number of hydrogen-bond donors (Lipinski definition) is 0. The molecular weight excluding hydrogens is 470 g/mol. The van der Waals surface area contributed by atoms with Crippen LogP contribution in [0.25, 0.3) is 5.57 Å². The average molecular weight is 504 g/mol. The molecule has 4 heteroatoms. The third kappa shape index (κ3) is 3.74. The largest absolute Gasteiger partial charge is 0.494 e. The first kappa shape index (κ1) is 24.4. The molecule has 3 aromatic carbocycles. The molecular formula is C34H33NO3. The molecule has 2 amide bonds. The van der Waals surface area contributed by atoms with Crippen LogP contribution in [0.3, 0.4) is 0 Å². The Labute approximate surface area is 224 Å². The van der Waals surface area contributed by atoms with Crippen molar-refractivity contribution in [2.24, 2.45) is 29.1 Å². The highest BCUT2D eigenvalue weighted by Crippen LogP contribution is 2.64. The van der Waals surface area contributed by atoms with Crippen LogP contribution in [0.5, 0.6) is 5.75 Å². The fourth-order valence-electron chi connectivity index (χ4n) is 6.75. The zero-order chi connectivity index (χ0) is 26.6. The number of ether oxygens (including phenoxy) is 1. The number of allylic oxidation sites excluding steroid dienone is 3. The first-order valence-electron chi connectivity index (χ1n) is 13.5. The fraction of sp³-hybridized carbons (Fsp3) is 0.294. The van der Waals surface area contributed by atoms with E-state index in [0.29, 0.717) is 12.3 Å². The molecule has 1 saturated carbocycles. The number of nitrogens with zero attached hydrogens (tertiary/aromatic N) is 1. The van der Waals surface area contributed by atoms with Gasteiger partial charge in [0, 0.05) is 11.8 Å². The summed E-state index contributed by atoms with van der Waals surface area (Å²) in [5.41, 5.74) is 6.37. The average Bonchev–Trinajstić information content (AvgIpc) is 3.53. The lowest BCUT2D eigenvalue weighted by Gasteiger charge is -2.31. The summed E-state index contributed by atoms with van der Waals surface area (Å²) < 4.78 is 5.57.